The number of nitrogens with zero attached hydrogens (tertiary/aromatic N) is 2. The fourth-order valence-electron chi connectivity index (χ4n) is 3.04. The Labute approximate surface area is 138 Å². The first kappa shape index (κ1) is 16.0. The van der Waals surface area contributed by atoms with Crippen LogP contribution in [0.3, 0.4) is 0 Å². The maximum Gasteiger partial charge on any atom is 0.124 e. The Kier molecular flexibility index (Phi) is 5.26. The molecule has 2 aromatic rings. The van der Waals surface area contributed by atoms with E-state index in [-0.39, 0.29) is 6.10 Å². The van der Waals surface area contributed by atoms with Crippen LogP contribution in [0.1, 0.15) is 31.0 Å². The molecule has 1 aromatic heterocycles. The monoisotopic (exact) mass is 311 g/mol. The summed E-state index contributed by atoms with van der Waals surface area (Å²) in [6, 6.07) is 12.8. The van der Waals surface area contributed by atoms with Crippen molar-refractivity contribution in [1.82, 2.24) is 15.2 Å². The van der Waals surface area contributed by atoms with E-state index >= 15 is 0 Å². The molecule has 4 nitrogen and oxygen atoms in total. The molecule has 3 rings (SSSR count). The van der Waals surface area contributed by atoms with E-state index in [2.05, 4.69) is 53.3 Å². The van der Waals surface area contributed by atoms with Crippen LogP contribution in [0.15, 0.2) is 48.8 Å². The topological polar surface area (TPSA) is 37.4 Å². The summed E-state index contributed by atoms with van der Waals surface area (Å²) in [6.07, 6.45) is 3.96. The van der Waals surface area contributed by atoms with E-state index in [4.69, 9.17) is 4.74 Å². The third-order valence-electron chi connectivity index (χ3n) is 4.05. The Bertz CT molecular complexity index is 615. The van der Waals surface area contributed by atoms with Crippen LogP contribution in [0.25, 0.3) is 0 Å². The lowest BCUT2D eigenvalue weighted by molar-refractivity contribution is 0.186. The van der Waals surface area contributed by atoms with E-state index in [0.29, 0.717) is 6.04 Å². The maximum absolute atomic E-state index is 5.98. The minimum Gasteiger partial charge on any atom is -0.491 e. The molecule has 1 atom stereocenters. The van der Waals surface area contributed by atoms with Gasteiger partial charge in [-0.25, -0.2) is 0 Å². The number of rotatable bonds is 5. The molecule has 1 aliphatic rings. The number of para-hydroxylation sites is 1. The van der Waals surface area contributed by atoms with Gasteiger partial charge in [-0.05, 0) is 31.5 Å². The van der Waals surface area contributed by atoms with Crippen molar-refractivity contribution in [3.63, 3.8) is 0 Å². The Morgan fingerprint density at radius 1 is 1.26 bits per heavy atom. The van der Waals surface area contributed by atoms with Crippen LogP contribution < -0.4 is 10.1 Å². The molecule has 0 amide bonds. The molecule has 0 spiro atoms. The number of piperazine rings is 1. The number of hydrogen-bond donors (Lipinski definition) is 1. The average molecular weight is 311 g/mol. The molecule has 0 bridgehead atoms. The number of pyridine rings is 1. The zero-order chi connectivity index (χ0) is 16.1. The molecule has 23 heavy (non-hydrogen) atoms. The first-order chi connectivity index (χ1) is 11.2. The zero-order valence-corrected chi connectivity index (χ0v) is 13.9. The molecular formula is C19H25N3O. The Morgan fingerprint density at radius 2 is 2.13 bits per heavy atom. The van der Waals surface area contributed by atoms with E-state index in [1.807, 2.05) is 24.5 Å². The predicted molar refractivity (Wildman–Crippen MR) is 92.5 cm³/mol. The molecule has 1 aromatic carbocycles. The summed E-state index contributed by atoms with van der Waals surface area (Å²) >= 11 is 0. The molecule has 1 saturated heterocycles. The normalized spacial score (nSPS) is 19.0. The second-order valence-corrected chi connectivity index (χ2v) is 6.31. The Morgan fingerprint density at radius 3 is 2.91 bits per heavy atom. The summed E-state index contributed by atoms with van der Waals surface area (Å²) in [6.45, 7) is 8.10. The summed E-state index contributed by atoms with van der Waals surface area (Å²) < 4.78 is 5.98. The largest absolute Gasteiger partial charge is 0.491 e. The number of ether oxygens (including phenoxy) is 1. The lowest BCUT2D eigenvalue weighted by Gasteiger charge is -2.34. The van der Waals surface area contributed by atoms with Crippen molar-refractivity contribution in [2.45, 2.75) is 32.5 Å². The highest BCUT2D eigenvalue weighted by molar-refractivity contribution is 5.36. The van der Waals surface area contributed by atoms with Gasteiger partial charge in [-0.1, -0.05) is 24.3 Å². The summed E-state index contributed by atoms with van der Waals surface area (Å²) in [5, 5.41) is 3.63. The molecule has 0 aliphatic carbocycles. The summed E-state index contributed by atoms with van der Waals surface area (Å²) in [7, 11) is 0. The standard InChI is InChI=1S/C19H25N3O/c1-15(2)23-19-8-4-3-7-17(19)18-14-22(11-10-21-18)13-16-6-5-9-20-12-16/h3-9,12,15,18,21H,10-11,13-14H2,1-2H3. The van der Waals surface area contributed by atoms with Crippen molar-refractivity contribution in [2.75, 3.05) is 19.6 Å². The Balaban J connectivity index is 1.71. The van der Waals surface area contributed by atoms with Gasteiger partial charge in [0.2, 0.25) is 0 Å². The van der Waals surface area contributed by atoms with Gasteiger partial charge < -0.3 is 10.1 Å². The summed E-state index contributed by atoms with van der Waals surface area (Å²) in [5.74, 6) is 0.989. The molecule has 1 aliphatic heterocycles. The zero-order valence-electron chi connectivity index (χ0n) is 13.9. The number of aromatic nitrogens is 1. The number of hydrogen-bond acceptors (Lipinski definition) is 4. The van der Waals surface area contributed by atoms with E-state index in [9.17, 15) is 0 Å². The first-order valence-corrected chi connectivity index (χ1v) is 8.32. The van der Waals surface area contributed by atoms with Gasteiger partial charge in [-0.15, -0.1) is 0 Å². The van der Waals surface area contributed by atoms with E-state index in [0.717, 1.165) is 31.9 Å². The van der Waals surface area contributed by atoms with Gasteiger partial charge in [-0.2, -0.15) is 0 Å². The molecule has 2 heterocycles. The van der Waals surface area contributed by atoms with Crippen molar-refractivity contribution in [1.29, 1.82) is 0 Å². The highest BCUT2D eigenvalue weighted by Crippen LogP contribution is 2.28. The number of benzene rings is 1. The van der Waals surface area contributed by atoms with Crippen molar-refractivity contribution >= 4 is 0 Å². The molecule has 1 fully saturated rings. The second kappa shape index (κ2) is 7.57. The number of nitrogens with one attached hydrogen (secondary N) is 1. The van der Waals surface area contributed by atoms with Crippen LogP contribution >= 0.6 is 0 Å². The van der Waals surface area contributed by atoms with Crippen LogP contribution in [0.5, 0.6) is 5.75 Å². The summed E-state index contributed by atoms with van der Waals surface area (Å²) in [5.41, 5.74) is 2.51. The van der Waals surface area contributed by atoms with Crippen LogP contribution in [0, 0.1) is 0 Å². The van der Waals surface area contributed by atoms with Gasteiger partial charge in [0.25, 0.3) is 0 Å². The van der Waals surface area contributed by atoms with Crippen molar-refractivity contribution < 1.29 is 4.74 Å². The quantitative estimate of drug-likeness (QED) is 0.921. The molecular weight excluding hydrogens is 286 g/mol. The smallest absolute Gasteiger partial charge is 0.124 e. The van der Waals surface area contributed by atoms with Gasteiger partial charge in [0.15, 0.2) is 0 Å². The van der Waals surface area contributed by atoms with Crippen LogP contribution in [0.2, 0.25) is 0 Å². The van der Waals surface area contributed by atoms with E-state index in [1.165, 1.54) is 11.1 Å². The van der Waals surface area contributed by atoms with Crippen molar-refractivity contribution in [3.8, 4) is 5.75 Å². The molecule has 0 saturated carbocycles. The predicted octanol–water partition coefficient (Wildman–Crippen LogP) is 3.02. The minimum atomic E-state index is 0.186. The minimum absolute atomic E-state index is 0.186. The maximum atomic E-state index is 5.98. The van der Waals surface area contributed by atoms with Gasteiger partial charge in [-0.3, -0.25) is 9.88 Å². The van der Waals surface area contributed by atoms with Crippen LogP contribution in [-0.2, 0) is 6.54 Å². The third kappa shape index (κ3) is 4.30. The molecule has 4 heteroatoms. The van der Waals surface area contributed by atoms with Crippen LogP contribution in [0.4, 0.5) is 0 Å². The third-order valence-corrected chi connectivity index (χ3v) is 4.05. The van der Waals surface area contributed by atoms with Gasteiger partial charge in [0.1, 0.15) is 5.75 Å². The van der Waals surface area contributed by atoms with Crippen molar-refractivity contribution in [2.24, 2.45) is 0 Å². The van der Waals surface area contributed by atoms with Gasteiger partial charge in [0.05, 0.1) is 6.10 Å². The fraction of sp³-hybridized carbons (Fsp3) is 0.421. The first-order valence-electron chi connectivity index (χ1n) is 8.32. The van der Waals surface area contributed by atoms with Crippen LogP contribution in [-0.4, -0.2) is 35.6 Å². The van der Waals surface area contributed by atoms with Gasteiger partial charge >= 0.3 is 0 Å². The van der Waals surface area contributed by atoms with Gasteiger partial charge in [0, 0.05) is 50.2 Å². The van der Waals surface area contributed by atoms with E-state index in [1.54, 1.807) is 0 Å². The molecule has 122 valence electrons. The lowest BCUT2D eigenvalue weighted by Crippen LogP contribution is -2.45. The highest BCUT2D eigenvalue weighted by atomic mass is 16.5. The highest BCUT2D eigenvalue weighted by Gasteiger charge is 2.23. The van der Waals surface area contributed by atoms with E-state index < -0.39 is 0 Å². The summed E-state index contributed by atoms with van der Waals surface area (Å²) in [4.78, 5) is 6.69. The lowest BCUT2D eigenvalue weighted by atomic mass is 10.0. The fourth-order valence-corrected chi connectivity index (χ4v) is 3.04. The molecule has 1 unspecified atom stereocenters. The SMILES string of the molecule is CC(C)Oc1ccccc1C1CN(Cc2cccnc2)CCN1. The Hall–Kier alpha value is -1.91. The second-order valence-electron chi connectivity index (χ2n) is 6.31. The molecule has 0 radical (unpaired) electrons. The molecule has 1 N–H and O–H groups in total. The average Bonchev–Trinajstić information content (AvgIpc) is 2.56. The van der Waals surface area contributed by atoms with Crippen molar-refractivity contribution in [3.05, 3.63) is 59.9 Å².